The van der Waals surface area contributed by atoms with Crippen molar-refractivity contribution in [3.8, 4) is 5.75 Å². The molecule has 0 heterocycles. The van der Waals surface area contributed by atoms with Gasteiger partial charge in [-0.2, -0.15) is 0 Å². The van der Waals surface area contributed by atoms with Crippen LogP contribution in [-0.2, 0) is 10.0 Å². The highest BCUT2D eigenvalue weighted by atomic mass is 35.5. The number of halogens is 1. The van der Waals surface area contributed by atoms with Gasteiger partial charge in [-0.25, -0.2) is 8.42 Å². The Bertz CT molecular complexity index is 790. The average molecular weight is 354 g/mol. The molecule has 0 unspecified atom stereocenters. The van der Waals surface area contributed by atoms with Gasteiger partial charge in [0.1, 0.15) is 5.75 Å². The van der Waals surface area contributed by atoms with E-state index in [4.69, 9.17) is 16.3 Å². The molecule has 0 aliphatic carbocycles. The minimum atomic E-state index is -3.68. The van der Waals surface area contributed by atoms with E-state index in [1.54, 1.807) is 19.1 Å². The van der Waals surface area contributed by atoms with E-state index in [9.17, 15) is 8.42 Å². The molecular formula is C17H20ClNO3S. The predicted molar refractivity (Wildman–Crippen MR) is 94.0 cm³/mol. The number of ether oxygens (including phenoxy) is 1. The number of anilines is 1. The van der Waals surface area contributed by atoms with Crippen LogP contribution in [0.3, 0.4) is 0 Å². The fraction of sp³-hybridized carbons (Fsp3) is 0.294. The van der Waals surface area contributed by atoms with Crippen molar-refractivity contribution in [1.29, 1.82) is 0 Å². The first-order valence-corrected chi connectivity index (χ1v) is 9.23. The van der Waals surface area contributed by atoms with Gasteiger partial charge in [-0.05, 0) is 50.6 Å². The van der Waals surface area contributed by atoms with Gasteiger partial charge >= 0.3 is 0 Å². The molecule has 0 aromatic heterocycles. The highest BCUT2D eigenvalue weighted by Crippen LogP contribution is 2.30. The molecule has 0 aliphatic heterocycles. The van der Waals surface area contributed by atoms with E-state index in [2.05, 4.69) is 0 Å². The molecule has 0 fully saturated rings. The predicted octanol–water partition coefficient (Wildman–Crippen LogP) is 4.26. The van der Waals surface area contributed by atoms with Crippen molar-refractivity contribution >= 4 is 27.3 Å². The average Bonchev–Trinajstić information content (AvgIpc) is 2.50. The highest BCUT2D eigenvalue weighted by Gasteiger charge is 2.24. The molecule has 0 saturated carbocycles. The minimum Gasteiger partial charge on any atom is -0.492 e. The Morgan fingerprint density at radius 3 is 2.48 bits per heavy atom. The summed E-state index contributed by atoms with van der Waals surface area (Å²) in [5.74, 6) is 0.371. The van der Waals surface area contributed by atoms with Crippen molar-refractivity contribution in [1.82, 2.24) is 0 Å². The smallest absolute Gasteiger partial charge is 0.264 e. The van der Waals surface area contributed by atoms with Gasteiger partial charge in [0.15, 0.2) is 0 Å². The summed E-state index contributed by atoms with van der Waals surface area (Å²) in [5, 5.41) is 0.393. The molecule has 0 aliphatic rings. The third kappa shape index (κ3) is 3.79. The molecule has 0 N–H and O–H groups in total. The molecule has 2 rings (SSSR count). The second-order valence-corrected chi connectivity index (χ2v) is 7.30. The fourth-order valence-corrected chi connectivity index (χ4v) is 3.97. The Morgan fingerprint density at radius 2 is 1.87 bits per heavy atom. The van der Waals surface area contributed by atoms with Crippen LogP contribution in [-0.4, -0.2) is 21.6 Å². The van der Waals surface area contributed by atoms with E-state index in [0.29, 0.717) is 29.6 Å². The second kappa shape index (κ2) is 7.23. The monoisotopic (exact) mass is 353 g/mol. The molecule has 0 bridgehead atoms. The number of rotatable bonds is 6. The van der Waals surface area contributed by atoms with Gasteiger partial charge in [-0.15, -0.1) is 0 Å². The van der Waals surface area contributed by atoms with E-state index >= 15 is 0 Å². The lowest BCUT2D eigenvalue weighted by molar-refractivity contribution is 0.339. The van der Waals surface area contributed by atoms with Crippen molar-refractivity contribution in [3.63, 3.8) is 0 Å². The zero-order chi connectivity index (χ0) is 17.0. The number of hydrogen-bond donors (Lipinski definition) is 0. The third-order valence-corrected chi connectivity index (χ3v) is 5.58. The summed E-state index contributed by atoms with van der Waals surface area (Å²) < 4.78 is 32.7. The van der Waals surface area contributed by atoms with Crippen LogP contribution < -0.4 is 9.04 Å². The fourth-order valence-electron chi connectivity index (χ4n) is 2.31. The van der Waals surface area contributed by atoms with Crippen LogP contribution in [0.4, 0.5) is 5.69 Å². The second-order valence-electron chi connectivity index (χ2n) is 5.03. The summed E-state index contributed by atoms with van der Waals surface area (Å²) in [6, 6.07) is 11.9. The lowest BCUT2D eigenvalue weighted by atomic mass is 10.2. The SMILES string of the molecule is CCOc1cc(S(=O)(=O)N(CC)c2cccc(C)c2)ccc1Cl. The summed E-state index contributed by atoms with van der Waals surface area (Å²) in [5.41, 5.74) is 1.64. The number of aryl methyl sites for hydroxylation is 1. The number of sulfonamides is 1. The molecule has 0 spiro atoms. The Kier molecular flexibility index (Phi) is 5.55. The standard InChI is InChI=1S/C17H20ClNO3S/c1-4-19(14-8-6-7-13(3)11-14)23(20,21)15-9-10-16(18)17(12-15)22-5-2/h6-12H,4-5H2,1-3H3. The Labute approximate surface area is 142 Å². The lowest BCUT2D eigenvalue weighted by Gasteiger charge is -2.23. The Morgan fingerprint density at radius 1 is 1.13 bits per heavy atom. The summed E-state index contributed by atoms with van der Waals surface area (Å²) in [7, 11) is -3.68. The Hall–Kier alpha value is -1.72. The summed E-state index contributed by atoms with van der Waals surface area (Å²) in [6.45, 7) is 6.30. The van der Waals surface area contributed by atoms with Crippen molar-refractivity contribution in [2.45, 2.75) is 25.7 Å². The molecule has 2 aromatic rings. The molecule has 6 heteroatoms. The molecule has 0 saturated heterocycles. The van der Waals surface area contributed by atoms with Crippen LogP contribution in [0.5, 0.6) is 5.75 Å². The van der Waals surface area contributed by atoms with E-state index < -0.39 is 10.0 Å². The van der Waals surface area contributed by atoms with Gasteiger partial charge in [-0.3, -0.25) is 4.31 Å². The van der Waals surface area contributed by atoms with Crippen molar-refractivity contribution < 1.29 is 13.2 Å². The molecule has 0 atom stereocenters. The first kappa shape index (κ1) is 17.6. The van der Waals surface area contributed by atoms with Gasteiger partial charge in [0.05, 0.1) is 22.2 Å². The maximum absolute atomic E-state index is 13.0. The number of benzene rings is 2. The van der Waals surface area contributed by atoms with E-state index in [1.807, 2.05) is 32.0 Å². The van der Waals surface area contributed by atoms with Crippen LogP contribution >= 0.6 is 11.6 Å². The zero-order valence-corrected chi connectivity index (χ0v) is 15.0. The summed E-state index contributed by atoms with van der Waals surface area (Å²) >= 11 is 6.04. The normalized spacial score (nSPS) is 11.3. The van der Waals surface area contributed by atoms with Gasteiger partial charge in [0.2, 0.25) is 0 Å². The van der Waals surface area contributed by atoms with Gasteiger partial charge in [-0.1, -0.05) is 23.7 Å². The molecule has 2 aromatic carbocycles. The van der Waals surface area contributed by atoms with Crippen molar-refractivity contribution in [3.05, 3.63) is 53.1 Å². The first-order chi connectivity index (χ1) is 10.9. The molecule has 124 valence electrons. The first-order valence-electron chi connectivity index (χ1n) is 7.42. The van der Waals surface area contributed by atoms with Gasteiger partial charge < -0.3 is 4.74 Å². The highest BCUT2D eigenvalue weighted by molar-refractivity contribution is 7.92. The minimum absolute atomic E-state index is 0.161. The molecule has 23 heavy (non-hydrogen) atoms. The number of nitrogens with zero attached hydrogens (tertiary/aromatic N) is 1. The van der Waals surface area contributed by atoms with Crippen LogP contribution in [0.2, 0.25) is 5.02 Å². The number of hydrogen-bond acceptors (Lipinski definition) is 3. The van der Waals surface area contributed by atoms with Gasteiger partial charge in [0.25, 0.3) is 10.0 Å². The van der Waals surface area contributed by atoms with E-state index in [0.717, 1.165) is 5.56 Å². The van der Waals surface area contributed by atoms with E-state index in [1.165, 1.54) is 16.4 Å². The summed E-state index contributed by atoms with van der Waals surface area (Å²) in [4.78, 5) is 0.161. The third-order valence-electron chi connectivity index (χ3n) is 3.37. The molecular weight excluding hydrogens is 334 g/mol. The maximum Gasteiger partial charge on any atom is 0.264 e. The maximum atomic E-state index is 13.0. The summed E-state index contributed by atoms with van der Waals surface area (Å²) in [6.07, 6.45) is 0. The molecule has 0 radical (unpaired) electrons. The Balaban J connectivity index is 2.49. The van der Waals surface area contributed by atoms with Crippen LogP contribution in [0.15, 0.2) is 47.4 Å². The van der Waals surface area contributed by atoms with Crippen LogP contribution in [0.1, 0.15) is 19.4 Å². The quantitative estimate of drug-likeness (QED) is 0.779. The largest absolute Gasteiger partial charge is 0.492 e. The van der Waals surface area contributed by atoms with Crippen molar-refractivity contribution in [2.75, 3.05) is 17.5 Å². The van der Waals surface area contributed by atoms with Crippen LogP contribution in [0, 0.1) is 6.92 Å². The molecule has 0 amide bonds. The van der Waals surface area contributed by atoms with E-state index in [-0.39, 0.29) is 4.90 Å². The topological polar surface area (TPSA) is 46.6 Å². The zero-order valence-electron chi connectivity index (χ0n) is 13.4. The van der Waals surface area contributed by atoms with Crippen molar-refractivity contribution in [2.24, 2.45) is 0 Å². The molecule has 4 nitrogen and oxygen atoms in total. The van der Waals surface area contributed by atoms with Gasteiger partial charge in [0, 0.05) is 12.6 Å². The lowest BCUT2D eigenvalue weighted by Crippen LogP contribution is -2.30. The van der Waals surface area contributed by atoms with Crippen LogP contribution in [0.25, 0.3) is 0 Å².